The highest BCUT2D eigenvalue weighted by atomic mass is 35.5. The summed E-state index contributed by atoms with van der Waals surface area (Å²) >= 11 is 6.37. The zero-order valence-corrected chi connectivity index (χ0v) is 13.5. The summed E-state index contributed by atoms with van der Waals surface area (Å²) in [6, 6.07) is 11.0. The van der Waals surface area contributed by atoms with Gasteiger partial charge in [0.2, 0.25) is 0 Å². The van der Waals surface area contributed by atoms with E-state index in [4.69, 9.17) is 11.6 Å². The molecule has 0 amide bonds. The van der Waals surface area contributed by atoms with Crippen LogP contribution in [0.4, 0.5) is 0 Å². The summed E-state index contributed by atoms with van der Waals surface area (Å²) in [4.78, 5) is 9.47. The van der Waals surface area contributed by atoms with E-state index in [1.807, 2.05) is 18.2 Å². The Morgan fingerprint density at radius 2 is 2.10 bits per heavy atom. The van der Waals surface area contributed by atoms with Gasteiger partial charge >= 0.3 is 0 Å². The van der Waals surface area contributed by atoms with Gasteiger partial charge in [0.15, 0.2) is 0 Å². The molecular formula is C17H22ClN3. The van der Waals surface area contributed by atoms with Crippen molar-refractivity contribution in [2.45, 2.75) is 25.9 Å². The summed E-state index contributed by atoms with van der Waals surface area (Å²) in [5.74, 6) is 0. The molecule has 3 nitrogen and oxygen atoms in total. The Morgan fingerprint density at radius 3 is 2.90 bits per heavy atom. The first-order valence-electron chi connectivity index (χ1n) is 7.64. The number of likely N-dealkylation sites (N-methyl/N-ethyl adjacent to an activating group) is 1. The number of aromatic nitrogens is 1. The van der Waals surface area contributed by atoms with E-state index < -0.39 is 0 Å². The normalized spacial score (nSPS) is 21.0. The Balaban J connectivity index is 1.80. The molecular weight excluding hydrogens is 282 g/mol. The summed E-state index contributed by atoms with van der Waals surface area (Å²) in [5, 5.41) is 1.80. The predicted molar refractivity (Wildman–Crippen MR) is 88.7 cm³/mol. The highest BCUT2D eigenvalue weighted by Gasteiger charge is 2.23. The zero-order chi connectivity index (χ0) is 14.8. The van der Waals surface area contributed by atoms with Crippen molar-refractivity contribution in [1.29, 1.82) is 0 Å². The Hall–Kier alpha value is -1.16. The number of para-hydroxylation sites is 1. The molecule has 1 unspecified atom stereocenters. The number of benzene rings is 1. The predicted octanol–water partition coefficient (Wildman–Crippen LogP) is 3.41. The Kier molecular flexibility index (Phi) is 4.43. The summed E-state index contributed by atoms with van der Waals surface area (Å²) < 4.78 is 0. The van der Waals surface area contributed by atoms with Gasteiger partial charge in [-0.05, 0) is 25.6 Å². The SMILES string of the molecule is CCC1CN(Cc2cc3ccccc3nc2Cl)CCN1C. The summed E-state index contributed by atoms with van der Waals surface area (Å²) in [6.45, 7) is 6.47. The van der Waals surface area contributed by atoms with Crippen LogP contribution in [0.5, 0.6) is 0 Å². The molecule has 0 radical (unpaired) electrons. The van der Waals surface area contributed by atoms with Crippen LogP contribution in [-0.2, 0) is 6.54 Å². The largest absolute Gasteiger partial charge is 0.301 e. The number of hydrogen-bond acceptors (Lipinski definition) is 3. The van der Waals surface area contributed by atoms with Crippen LogP contribution in [0.25, 0.3) is 10.9 Å². The molecule has 2 aromatic rings. The van der Waals surface area contributed by atoms with Crippen molar-refractivity contribution in [1.82, 2.24) is 14.8 Å². The molecule has 0 spiro atoms. The van der Waals surface area contributed by atoms with Crippen LogP contribution in [-0.4, -0.2) is 47.5 Å². The van der Waals surface area contributed by atoms with Crippen molar-refractivity contribution in [2.24, 2.45) is 0 Å². The first kappa shape index (κ1) is 14.8. The summed E-state index contributed by atoms with van der Waals surface area (Å²) in [6.07, 6.45) is 1.19. The molecule has 1 aromatic carbocycles. The third-order valence-corrected chi connectivity index (χ3v) is 4.80. The van der Waals surface area contributed by atoms with Crippen LogP contribution < -0.4 is 0 Å². The highest BCUT2D eigenvalue weighted by molar-refractivity contribution is 6.30. The highest BCUT2D eigenvalue weighted by Crippen LogP contribution is 2.23. The fraction of sp³-hybridized carbons (Fsp3) is 0.471. The van der Waals surface area contributed by atoms with Crippen LogP contribution in [0, 0.1) is 0 Å². The second kappa shape index (κ2) is 6.30. The number of rotatable bonds is 3. The van der Waals surface area contributed by atoms with Crippen molar-refractivity contribution in [2.75, 3.05) is 26.7 Å². The van der Waals surface area contributed by atoms with Gasteiger partial charge in [-0.2, -0.15) is 0 Å². The van der Waals surface area contributed by atoms with E-state index in [2.05, 4.69) is 40.9 Å². The zero-order valence-electron chi connectivity index (χ0n) is 12.7. The van der Waals surface area contributed by atoms with Gasteiger partial charge in [-0.15, -0.1) is 0 Å². The third-order valence-electron chi connectivity index (χ3n) is 4.48. The first-order valence-corrected chi connectivity index (χ1v) is 8.02. The molecule has 2 heterocycles. The van der Waals surface area contributed by atoms with Crippen molar-refractivity contribution in [3.05, 3.63) is 41.0 Å². The minimum absolute atomic E-state index is 0.640. The average molecular weight is 304 g/mol. The second-order valence-corrected chi connectivity index (χ2v) is 6.27. The average Bonchev–Trinajstić information content (AvgIpc) is 2.50. The number of fused-ring (bicyclic) bond motifs is 1. The minimum Gasteiger partial charge on any atom is -0.301 e. The van der Waals surface area contributed by atoms with Gasteiger partial charge in [0.05, 0.1) is 5.52 Å². The quantitative estimate of drug-likeness (QED) is 0.810. The maximum absolute atomic E-state index is 6.37. The molecule has 3 rings (SSSR count). The Morgan fingerprint density at radius 1 is 1.29 bits per heavy atom. The van der Waals surface area contributed by atoms with E-state index in [1.165, 1.54) is 6.42 Å². The van der Waals surface area contributed by atoms with Crippen LogP contribution in [0.15, 0.2) is 30.3 Å². The molecule has 0 aliphatic carbocycles. The number of pyridine rings is 1. The first-order chi connectivity index (χ1) is 10.2. The molecule has 1 aliphatic rings. The molecule has 4 heteroatoms. The maximum atomic E-state index is 6.37. The third kappa shape index (κ3) is 3.20. The second-order valence-electron chi connectivity index (χ2n) is 5.91. The summed E-state index contributed by atoms with van der Waals surface area (Å²) in [5.41, 5.74) is 2.10. The van der Waals surface area contributed by atoms with Gasteiger partial charge in [-0.1, -0.05) is 36.7 Å². The molecule has 1 aliphatic heterocycles. The minimum atomic E-state index is 0.640. The van der Waals surface area contributed by atoms with Crippen molar-refractivity contribution < 1.29 is 0 Å². The number of nitrogens with zero attached hydrogens (tertiary/aromatic N) is 3. The maximum Gasteiger partial charge on any atom is 0.134 e. The molecule has 1 saturated heterocycles. The van der Waals surface area contributed by atoms with Gasteiger partial charge in [0.1, 0.15) is 5.15 Å². The fourth-order valence-corrected chi connectivity index (χ4v) is 3.29. The van der Waals surface area contributed by atoms with E-state index in [0.717, 1.165) is 42.6 Å². The van der Waals surface area contributed by atoms with Gasteiger partial charge in [0.25, 0.3) is 0 Å². The van der Waals surface area contributed by atoms with Gasteiger partial charge < -0.3 is 4.90 Å². The molecule has 0 bridgehead atoms. The molecule has 0 N–H and O–H groups in total. The van der Waals surface area contributed by atoms with Crippen LogP contribution in [0.3, 0.4) is 0 Å². The van der Waals surface area contributed by atoms with E-state index in [9.17, 15) is 0 Å². The van der Waals surface area contributed by atoms with E-state index in [0.29, 0.717) is 11.2 Å². The smallest absolute Gasteiger partial charge is 0.134 e. The number of halogens is 1. The standard InChI is InChI=1S/C17H22ClN3/c1-3-15-12-21(9-8-20(15)2)11-14-10-13-6-4-5-7-16(13)19-17(14)18/h4-7,10,15H,3,8-9,11-12H2,1-2H3. The van der Waals surface area contributed by atoms with E-state index in [1.54, 1.807) is 0 Å². The Labute approximate surface area is 131 Å². The van der Waals surface area contributed by atoms with Crippen LogP contribution in [0.2, 0.25) is 5.15 Å². The topological polar surface area (TPSA) is 19.4 Å². The molecule has 21 heavy (non-hydrogen) atoms. The van der Waals surface area contributed by atoms with E-state index >= 15 is 0 Å². The lowest BCUT2D eigenvalue weighted by atomic mass is 10.1. The van der Waals surface area contributed by atoms with Crippen LogP contribution in [0.1, 0.15) is 18.9 Å². The summed E-state index contributed by atoms with van der Waals surface area (Å²) in [7, 11) is 2.22. The van der Waals surface area contributed by atoms with Gasteiger partial charge in [0, 0.05) is 43.2 Å². The molecule has 1 aromatic heterocycles. The lowest BCUT2D eigenvalue weighted by molar-refractivity contribution is 0.0883. The molecule has 1 atom stereocenters. The molecule has 0 saturated carbocycles. The lowest BCUT2D eigenvalue weighted by Gasteiger charge is -2.39. The molecule has 1 fully saturated rings. The Bertz CT molecular complexity index is 628. The fourth-order valence-electron chi connectivity index (χ4n) is 3.08. The van der Waals surface area contributed by atoms with Crippen LogP contribution >= 0.6 is 11.6 Å². The van der Waals surface area contributed by atoms with Crippen molar-refractivity contribution >= 4 is 22.5 Å². The van der Waals surface area contributed by atoms with Crippen molar-refractivity contribution in [3.63, 3.8) is 0 Å². The number of hydrogen-bond donors (Lipinski definition) is 0. The lowest BCUT2D eigenvalue weighted by Crippen LogP contribution is -2.50. The monoisotopic (exact) mass is 303 g/mol. The van der Waals surface area contributed by atoms with E-state index in [-0.39, 0.29) is 0 Å². The molecule has 112 valence electrons. The van der Waals surface area contributed by atoms with Gasteiger partial charge in [-0.3, -0.25) is 4.90 Å². The number of piperazine rings is 1. The van der Waals surface area contributed by atoms with Gasteiger partial charge in [-0.25, -0.2) is 4.98 Å². The van der Waals surface area contributed by atoms with Crippen molar-refractivity contribution in [3.8, 4) is 0 Å².